The summed E-state index contributed by atoms with van der Waals surface area (Å²) in [5, 5.41) is 5.44. The van der Waals surface area contributed by atoms with Crippen LogP contribution >= 0.6 is 0 Å². The van der Waals surface area contributed by atoms with Crippen molar-refractivity contribution >= 4 is 23.5 Å². The van der Waals surface area contributed by atoms with E-state index in [1.165, 1.54) is 5.56 Å². The molecule has 4 amide bonds. The Morgan fingerprint density at radius 2 is 1.71 bits per heavy atom. The molecule has 6 heteroatoms. The Hall–Kier alpha value is -3.15. The number of nitrogens with one attached hydrogen (secondary N) is 2. The van der Waals surface area contributed by atoms with Gasteiger partial charge in [-0.05, 0) is 43.5 Å². The zero-order valence-corrected chi connectivity index (χ0v) is 16.4. The Kier molecular flexibility index (Phi) is 5.49. The highest BCUT2D eigenvalue weighted by Crippen LogP contribution is 2.29. The van der Waals surface area contributed by atoms with Crippen molar-refractivity contribution in [3.8, 4) is 0 Å². The highest BCUT2D eigenvalue weighted by Gasteiger charge is 2.49. The van der Waals surface area contributed by atoms with Crippen LogP contribution in [0, 0.1) is 6.92 Å². The standard InChI is InChI=1S/C22H25N3O3/c1-4-5-16-8-10-17(11-9-16)22(3)20(27)25(21(28)24-22)14-19(26)23-18-12-6-15(2)7-13-18/h6-13H,4-5,14H2,1-3H3,(H,23,26)(H,24,28)/t22-/m1/s1. The van der Waals surface area contributed by atoms with E-state index >= 15 is 0 Å². The van der Waals surface area contributed by atoms with E-state index < -0.39 is 23.4 Å². The molecule has 1 aliphatic rings. The average molecular weight is 379 g/mol. The van der Waals surface area contributed by atoms with Gasteiger partial charge in [0.05, 0.1) is 0 Å². The lowest BCUT2D eigenvalue weighted by Gasteiger charge is -2.22. The summed E-state index contributed by atoms with van der Waals surface area (Å²) >= 11 is 0. The number of rotatable bonds is 6. The highest BCUT2D eigenvalue weighted by atomic mass is 16.2. The number of benzene rings is 2. The van der Waals surface area contributed by atoms with Crippen molar-refractivity contribution < 1.29 is 14.4 Å². The molecule has 2 N–H and O–H groups in total. The van der Waals surface area contributed by atoms with Crippen LogP contribution in [0.2, 0.25) is 0 Å². The first-order valence-electron chi connectivity index (χ1n) is 9.43. The number of imide groups is 1. The summed E-state index contributed by atoms with van der Waals surface area (Å²) in [5.41, 5.74) is 2.41. The van der Waals surface area contributed by atoms with E-state index in [1.807, 2.05) is 43.3 Å². The molecule has 0 aliphatic carbocycles. The van der Waals surface area contributed by atoms with Gasteiger partial charge in [-0.2, -0.15) is 0 Å². The second-order valence-corrected chi connectivity index (χ2v) is 7.31. The van der Waals surface area contributed by atoms with Gasteiger partial charge >= 0.3 is 6.03 Å². The second-order valence-electron chi connectivity index (χ2n) is 7.31. The van der Waals surface area contributed by atoms with Crippen LogP contribution < -0.4 is 10.6 Å². The van der Waals surface area contributed by atoms with Crippen LogP contribution in [-0.4, -0.2) is 29.3 Å². The largest absolute Gasteiger partial charge is 0.325 e. The first-order valence-corrected chi connectivity index (χ1v) is 9.43. The number of carbonyl (C=O) groups is 3. The number of aryl methyl sites for hydroxylation is 2. The van der Waals surface area contributed by atoms with Gasteiger partial charge in [0.15, 0.2) is 0 Å². The van der Waals surface area contributed by atoms with E-state index in [1.54, 1.807) is 19.1 Å². The molecule has 1 atom stereocenters. The molecule has 2 aromatic carbocycles. The molecule has 0 aromatic heterocycles. The zero-order valence-electron chi connectivity index (χ0n) is 16.4. The van der Waals surface area contributed by atoms with Gasteiger partial charge in [0.1, 0.15) is 12.1 Å². The second kappa shape index (κ2) is 7.84. The van der Waals surface area contributed by atoms with E-state index in [2.05, 4.69) is 17.6 Å². The fourth-order valence-corrected chi connectivity index (χ4v) is 3.31. The number of anilines is 1. The fourth-order valence-electron chi connectivity index (χ4n) is 3.31. The van der Waals surface area contributed by atoms with E-state index in [-0.39, 0.29) is 6.54 Å². The average Bonchev–Trinajstić information content (AvgIpc) is 2.88. The fraction of sp³-hybridized carbons (Fsp3) is 0.318. The van der Waals surface area contributed by atoms with Crippen LogP contribution in [0.25, 0.3) is 0 Å². The molecule has 0 unspecified atom stereocenters. The van der Waals surface area contributed by atoms with Crippen molar-refractivity contribution in [3.05, 3.63) is 65.2 Å². The van der Waals surface area contributed by atoms with Crippen molar-refractivity contribution in [1.29, 1.82) is 0 Å². The molecule has 1 aliphatic heterocycles. The zero-order chi connectivity index (χ0) is 20.3. The van der Waals surface area contributed by atoms with Gasteiger partial charge in [-0.25, -0.2) is 4.79 Å². The first-order chi connectivity index (χ1) is 13.3. The summed E-state index contributed by atoms with van der Waals surface area (Å²) in [7, 11) is 0. The summed E-state index contributed by atoms with van der Waals surface area (Å²) < 4.78 is 0. The first kappa shape index (κ1) is 19.6. The maximum absolute atomic E-state index is 12.9. The summed E-state index contributed by atoms with van der Waals surface area (Å²) in [6.07, 6.45) is 2.00. The molecule has 0 radical (unpaired) electrons. The minimum Gasteiger partial charge on any atom is -0.325 e. The third-order valence-electron chi connectivity index (χ3n) is 4.98. The maximum Gasteiger partial charge on any atom is 0.325 e. The molecule has 146 valence electrons. The molecule has 3 rings (SSSR count). The number of hydrogen-bond donors (Lipinski definition) is 2. The van der Waals surface area contributed by atoms with Crippen molar-refractivity contribution in [2.24, 2.45) is 0 Å². The number of hydrogen-bond acceptors (Lipinski definition) is 3. The number of nitrogens with zero attached hydrogens (tertiary/aromatic N) is 1. The summed E-state index contributed by atoms with van der Waals surface area (Å²) in [6, 6.07) is 14.4. The van der Waals surface area contributed by atoms with Crippen LogP contribution in [0.1, 0.15) is 37.0 Å². The molecular weight excluding hydrogens is 354 g/mol. The van der Waals surface area contributed by atoms with Crippen molar-refractivity contribution in [3.63, 3.8) is 0 Å². The van der Waals surface area contributed by atoms with Gasteiger partial charge in [-0.1, -0.05) is 55.3 Å². The lowest BCUT2D eigenvalue weighted by Crippen LogP contribution is -2.42. The Balaban J connectivity index is 1.71. The van der Waals surface area contributed by atoms with E-state index in [0.29, 0.717) is 11.3 Å². The van der Waals surface area contributed by atoms with Gasteiger partial charge < -0.3 is 10.6 Å². The molecule has 0 saturated carbocycles. The van der Waals surface area contributed by atoms with Gasteiger partial charge in [-0.15, -0.1) is 0 Å². The molecule has 1 saturated heterocycles. The van der Waals surface area contributed by atoms with Crippen LogP contribution in [-0.2, 0) is 21.5 Å². The predicted octanol–water partition coefficient (Wildman–Crippen LogP) is 3.35. The Morgan fingerprint density at radius 1 is 1.07 bits per heavy atom. The van der Waals surface area contributed by atoms with Gasteiger partial charge in [0.2, 0.25) is 5.91 Å². The molecule has 1 heterocycles. The van der Waals surface area contributed by atoms with Gasteiger partial charge in [-0.3, -0.25) is 14.5 Å². The lowest BCUT2D eigenvalue weighted by molar-refractivity contribution is -0.133. The third kappa shape index (κ3) is 3.91. The summed E-state index contributed by atoms with van der Waals surface area (Å²) in [5.74, 6) is -0.852. The molecule has 0 bridgehead atoms. The summed E-state index contributed by atoms with van der Waals surface area (Å²) in [6.45, 7) is 5.39. The number of amides is 4. The minimum atomic E-state index is -1.17. The van der Waals surface area contributed by atoms with E-state index in [4.69, 9.17) is 0 Å². The van der Waals surface area contributed by atoms with Crippen LogP contribution in [0.15, 0.2) is 48.5 Å². The highest BCUT2D eigenvalue weighted by molar-refractivity contribution is 6.10. The lowest BCUT2D eigenvalue weighted by atomic mass is 9.91. The van der Waals surface area contributed by atoms with Crippen molar-refractivity contribution in [2.45, 2.75) is 39.2 Å². The summed E-state index contributed by atoms with van der Waals surface area (Å²) in [4.78, 5) is 38.6. The van der Waals surface area contributed by atoms with Crippen LogP contribution in [0.5, 0.6) is 0 Å². The van der Waals surface area contributed by atoms with Crippen molar-refractivity contribution in [1.82, 2.24) is 10.2 Å². The Bertz CT molecular complexity index is 890. The van der Waals surface area contributed by atoms with Crippen LogP contribution in [0.3, 0.4) is 0 Å². The molecule has 28 heavy (non-hydrogen) atoms. The molecule has 6 nitrogen and oxygen atoms in total. The third-order valence-corrected chi connectivity index (χ3v) is 4.98. The van der Waals surface area contributed by atoms with E-state index in [0.717, 1.165) is 23.3 Å². The quantitative estimate of drug-likeness (QED) is 0.756. The molecule has 2 aromatic rings. The molecular formula is C22H25N3O3. The van der Waals surface area contributed by atoms with Crippen molar-refractivity contribution in [2.75, 3.05) is 11.9 Å². The maximum atomic E-state index is 12.9. The van der Waals surface area contributed by atoms with E-state index in [9.17, 15) is 14.4 Å². The topological polar surface area (TPSA) is 78.5 Å². The molecule has 0 spiro atoms. The minimum absolute atomic E-state index is 0.331. The van der Waals surface area contributed by atoms with Gasteiger partial charge in [0, 0.05) is 5.69 Å². The number of urea groups is 1. The smallest absolute Gasteiger partial charge is 0.325 e. The predicted molar refractivity (Wildman–Crippen MR) is 108 cm³/mol. The number of carbonyl (C=O) groups excluding carboxylic acids is 3. The molecule has 1 fully saturated rings. The monoisotopic (exact) mass is 379 g/mol. The normalized spacial score (nSPS) is 18.9. The van der Waals surface area contributed by atoms with Gasteiger partial charge in [0.25, 0.3) is 5.91 Å². The SMILES string of the molecule is CCCc1ccc([C@@]2(C)NC(=O)N(CC(=O)Nc3ccc(C)cc3)C2=O)cc1. The Labute approximate surface area is 164 Å². The Morgan fingerprint density at radius 3 is 2.32 bits per heavy atom. The van der Waals surface area contributed by atoms with Crippen LogP contribution in [0.4, 0.5) is 10.5 Å².